The average molecular weight is 506 g/mol. The number of nitrogen functional groups attached to an aromatic ring is 1. The molecule has 3 N–H and O–H groups in total. The Morgan fingerprint density at radius 1 is 1.09 bits per heavy atom. The summed E-state index contributed by atoms with van der Waals surface area (Å²) in [5.74, 6) is 1.03. The zero-order chi connectivity index (χ0) is 24.1. The number of aryl methyl sites for hydroxylation is 1. The molecule has 174 valence electrons. The molecular weight excluding hydrogens is 489 g/mol. The summed E-state index contributed by atoms with van der Waals surface area (Å²) in [6.45, 7) is 0. The van der Waals surface area contributed by atoms with Crippen LogP contribution in [0.2, 0.25) is 10.2 Å². The molecule has 35 heavy (non-hydrogen) atoms. The molecule has 4 aromatic heterocycles. The third kappa shape index (κ3) is 3.76. The van der Waals surface area contributed by atoms with Gasteiger partial charge in [-0.1, -0.05) is 23.2 Å². The van der Waals surface area contributed by atoms with Crippen LogP contribution < -0.4 is 11.3 Å². The molecule has 0 unspecified atom stereocenters. The van der Waals surface area contributed by atoms with Gasteiger partial charge in [-0.3, -0.25) is 4.79 Å². The molecular formula is C23H17Cl2N9O. The molecule has 5 aromatic rings. The molecule has 0 amide bonds. The zero-order valence-electron chi connectivity index (χ0n) is 18.1. The Bertz CT molecular complexity index is 1610. The summed E-state index contributed by atoms with van der Waals surface area (Å²) >= 11 is 12.7. The van der Waals surface area contributed by atoms with E-state index in [1.54, 1.807) is 35.0 Å². The standard InChI is InChI=1S/C23H17Cl2N9O/c24-14-2-4-17(33-11-28-31-32-33)16(9-14)13-7-15-3-5-18(34(15)20(35)8-13)23-29-21(22(25)30-23)12-1-6-19(26)27-10-12/h1-2,4,6-11,18H,3,5H2,(H2,26,27)(H,29,30)/t18-/m1/s1. The number of fused-ring (bicyclic) bond motifs is 1. The number of pyridine rings is 2. The monoisotopic (exact) mass is 505 g/mol. The second kappa shape index (κ2) is 8.33. The number of hydrogen-bond acceptors (Lipinski definition) is 7. The number of anilines is 1. The van der Waals surface area contributed by atoms with Crippen molar-refractivity contribution < 1.29 is 0 Å². The van der Waals surface area contributed by atoms with Gasteiger partial charge in [0.25, 0.3) is 5.56 Å². The molecule has 0 spiro atoms. The maximum Gasteiger partial charge on any atom is 0.252 e. The predicted molar refractivity (Wildman–Crippen MR) is 132 cm³/mol. The van der Waals surface area contributed by atoms with Gasteiger partial charge in [-0.25, -0.2) is 9.97 Å². The van der Waals surface area contributed by atoms with Gasteiger partial charge in [0.05, 0.1) is 11.7 Å². The maximum atomic E-state index is 13.4. The van der Waals surface area contributed by atoms with Gasteiger partial charge in [-0.05, 0) is 65.2 Å². The lowest BCUT2D eigenvalue weighted by atomic mass is 10.0. The first-order valence-corrected chi connectivity index (χ1v) is 11.5. The van der Waals surface area contributed by atoms with Gasteiger partial charge in [0.1, 0.15) is 28.8 Å². The zero-order valence-corrected chi connectivity index (χ0v) is 19.6. The fraction of sp³-hybridized carbons (Fsp3) is 0.130. The molecule has 12 heteroatoms. The number of halogens is 2. The number of nitrogens with one attached hydrogen (secondary N) is 1. The van der Waals surface area contributed by atoms with Crippen molar-refractivity contribution in [2.75, 3.05) is 5.73 Å². The number of rotatable bonds is 4. The van der Waals surface area contributed by atoms with Crippen LogP contribution in [0.25, 0.3) is 28.1 Å². The molecule has 0 saturated heterocycles. The molecule has 1 aliphatic rings. The Balaban J connectivity index is 1.41. The van der Waals surface area contributed by atoms with E-state index in [4.69, 9.17) is 33.9 Å². The van der Waals surface area contributed by atoms with Gasteiger partial charge in [0, 0.05) is 34.1 Å². The van der Waals surface area contributed by atoms with Crippen molar-refractivity contribution >= 4 is 29.0 Å². The number of benzene rings is 1. The minimum Gasteiger partial charge on any atom is -0.384 e. The molecule has 1 aromatic carbocycles. The van der Waals surface area contributed by atoms with Crippen molar-refractivity contribution in [1.29, 1.82) is 0 Å². The summed E-state index contributed by atoms with van der Waals surface area (Å²) in [5.41, 5.74) is 9.95. The van der Waals surface area contributed by atoms with E-state index in [1.165, 1.54) is 11.0 Å². The van der Waals surface area contributed by atoms with Gasteiger partial charge in [0.2, 0.25) is 0 Å². The first-order valence-electron chi connectivity index (χ1n) is 10.7. The van der Waals surface area contributed by atoms with Crippen LogP contribution >= 0.6 is 23.2 Å². The van der Waals surface area contributed by atoms with Gasteiger partial charge >= 0.3 is 0 Å². The summed E-state index contributed by atoms with van der Waals surface area (Å²) in [6.07, 6.45) is 4.52. The highest BCUT2D eigenvalue weighted by Crippen LogP contribution is 2.35. The first-order chi connectivity index (χ1) is 17.0. The lowest BCUT2D eigenvalue weighted by molar-refractivity contribution is 0.572. The maximum absolute atomic E-state index is 13.4. The summed E-state index contributed by atoms with van der Waals surface area (Å²) in [7, 11) is 0. The minimum absolute atomic E-state index is 0.147. The molecule has 0 saturated carbocycles. The quantitative estimate of drug-likeness (QED) is 0.380. The predicted octanol–water partition coefficient (Wildman–Crippen LogP) is 3.70. The van der Waals surface area contributed by atoms with Crippen LogP contribution in [0.1, 0.15) is 24.0 Å². The van der Waals surface area contributed by atoms with Crippen LogP contribution in [0, 0.1) is 0 Å². The van der Waals surface area contributed by atoms with Crippen molar-refractivity contribution in [2.45, 2.75) is 18.9 Å². The molecule has 6 rings (SSSR count). The SMILES string of the molecule is Nc1ccc(-c2nc([C@H]3CCc4cc(-c5cc(Cl)ccc5-n5cnnn5)cc(=O)n43)[nH]c2Cl)cn1. The third-order valence-electron chi connectivity index (χ3n) is 6.05. The normalized spacial score (nSPS) is 14.9. The highest BCUT2D eigenvalue weighted by atomic mass is 35.5. The highest BCUT2D eigenvalue weighted by molar-refractivity contribution is 6.32. The summed E-state index contributed by atoms with van der Waals surface area (Å²) in [6, 6.07) is 12.2. The summed E-state index contributed by atoms with van der Waals surface area (Å²) in [4.78, 5) is 25.3. The molecule has 0 fully saturated rings. The number of hydrogen-bond donors (Lipinski definition) is 2. The number of nitrogens with zero attached hydrogens (tertiary/aromatic N) is 7. The van der Waals surface area contributed by atoms with E-state index in [0.29, 0.717) is 40.4 Å². The van der Waals surface area contributed by atoms with E-state index in [-0.39, 0.29) is 11.6 Å². The Labute approximate surface area is 208 Å². The van der Waals surface area contributed by atoms with Crippen LogP contribution in [-0.2, 0) is 6.42 Å². The van der Waals surface area contributed by atoms with Gasteiger partial charge < -0.3 is 15.3 Å². The fourth-order valence-electron chi connectivity index (χ4n) is 4.48. The Morgan fingerprint density at radius 2 is 1.97 bits per heavy atom. The molecule has 5 heterocycles. The van der Waals surface area contributed by atoms with Crippen molar-refractivity contribution in [1.82, 2.24) is 39.7 Å². The number of H-pyrrole nitrogens is 1. The van der Waals surface area contributed by atoms with Crippen LogP contribution in [0.15, 0.2) is 59.8 Å². The fourth-order valence-corrected chi connectivity index (χ4v) is 4.90. The molecule has 0 aliphatic carbocycles. The van der Waals surface area contributed by atoms with Crippen LogP contribution in [-0.4, -0.2) is 39.7 Å². The Morgan fingerprint density at radius 3 is 2.74 bits per heavy atom. The number of imidazole rings is 1. The van der Waals surface area contributed by atoms with Crippen molar-refractivity contribution in [2.24, 2.45) is 0 Å². The molecule has 10 nitrogen and oxygen atoms in total. The second-order valence-corrected chi connectivity index (χ2v) is 8.98. The highest BCUT2D eigenvalue weighted by Gasteiger charge is 2.29. The molecule has 0 radical (unpaired) electrons. The van der Waals surface area contributed by atoms with Crippen LogP contribution in [0.4, 0.5) is 5.82 Å². The first kappa shape index (κ1) is 21.5. The van der Waals surface area contributed by atoms with E-state index >= 15 is 0 Å². The molecule has 1 atom stereocenters. The summed E-state index contributed by atoms with van der Waals surface area (Å²) < 4.78 is 3.29. The van der Waals surface area contributed by atoms with Crippen molar-refractivity contribution in [3.8, 4) is 28.1 Å². The van der Waals surface area contributed by atoms with Gasteiger partial charge in [0.15, 0.2) is 0 Å². The lowest BCUT2D eigenvalue weighted by Gasteiger charge is -2.15. The minimum atomic E-state index is -0.266. The smallest absolute Gasteiger partial charge is 0.252 e. The van der Waals surface area contributed by atoms with Crippen molar-refractivity contribution in [3.05, 3.63) is 87.0 Å². The van der Waals surface area contributed by atoms with Gasteiger partial charge in [-0.2, -0.15) is 4.68 Å². The average Bonchev–Trinajstić information content (AvgIpc) is 3.59. The molecule has 1 aliphatic heterocycles. The number of aromatic nitrogens is 8. The van der Waals surface area contributed by atoms with E-state index in [0.717, 1.165) is 28.1 Å². The van der Waals surface area contributed by atoms with Gasteiger partial charge in [-0.15, -0.1) is 5.10 Å². The van der Waals surface area contributed by atoms with E-state index < -0.39 is 0 Å². The van der Waals surface area contributed by atoms with E-state index in [1.807, 2.05) is 18.2 Å². The van der Waals surface area contributed by atoms with Crippen molar-refractivity contribution in [3.63, 3.8) is 0 Å². The number of nitrogens with two attached hydrogens (primary N) is 1. The number of aromatic amines is 1. The third-order valence-corrected chi connectivity index (χ3v) is 6.56. The van der Waals surface area contributed by atoms with Crippen LogP contribution in [0.5, 0.6) is 0 Å². The largest absolute Gasteiger partial charge is 0.384 e. The topological polar surface area (TPSA) is 133 Å². The van der Waals surface area contributed by atoms with E-state index in [2.05, 4.69) is 25.5 Å². The second-order valence-electron chi connectivity index (χ2n) is 8.17. The lowest BCUT2D eigenvalue weighted by Crippen LogP contribution is -2.24. The Hall–Kier alpha value is -4.02. The Kier molecular flexibility index (Phi) is 5.12. The summed E-state index contributed by atoms with van der Waals surface area (Å²) in [5, 5.41) is 12.3. The molecule has 0 bridgehead atoms. The number of tetrazole rings is 1. The van der Waals surface area contributed by atoms with Crippen LogP contribution in [0.3, 0.4) is 0 Å². The van der Waals surface area contributed by atoms with E-state index in [9.17, 15) is 4.79 Å².